The van der Waals surface area contributed by atoms with Crippen LogP contribution < -0.4 is 5.32 Å². The lowest BCUT2D eigenvalue weighted by Gasteiger charge is -2.23. The zero-order chi connectivity index (χ0) is 13.6. The molecule has 0 saturated carbocycles. The van der Waals surface area contributed by atoms with Crippen LogP contribution in [0.4, 0.5) is 0 Å². The molecule has 2 atom stereocenters. The van der Waals surface area contributed by atoms with E-state index in [9.17, 15) is 9.59 Å². The van der Waals surface area contributed by atoms with Gasteiger partial charge in [-0.05, 0) is 43.5 Å². The first kappa shape index (κ1) is 12.2. The molecule has 2 saturated heterocycles. The maximum absolute atomic E-state index is 12.5. The van der Waals surface area contributed by atoms with Crippen molar-refractivity contribution in [3.8, 4) is 0 Å². The predicted octanol–water partition coefficient (Wildman–Crippen LogP) is 1.41. The minimum Gasteiger partial charge on any atom is -0.351 e. The van der Waals surface area contributed by atoms with E-state index in [1.54, 1.807) is 0 Å². The Balaban J connectivity index is 1.84. The Labute approximate surface area is 112 Å². The van der Waals surface area contributed by atoms with E-state index in [1.165, 1.54) is 5.56 Å². The van der Waals surface area contributed by atoms with Crippen molar-refractivity contribution >= 4 is 11.8 Å². The third-order valence-corrected chi connectivity index (χ3v) is 4.30. The lowest BCUT2D eigenvalue weighted by molar-refractivity contribution is -0.119. The Morgan fingerprint density at radius 2 is 2.11 bits per heavy atom. The van der Waals surface area contributed by atoms with Crippen LogP contribution in [0.1, 0.15) is 34.3 Å². The van der Waals surface area contributed by atoms with Gasteiger partial charge >= 0.3 is 0 Å². The molecule has 0 radical (unpaired) electrons. The molecule has 19 heavy (non-hydrogen) atoms. The maximum atomic E-state index is 12.5. The molecular weight excluding hydrogens is 240 g/mol. The molecule has 2 amide bonds. The van der Waals surface area contributed by atoms with E-state index in [2.05, 4.69) is 5.32 Å². The molecule has 0 unspecified atom stereocenters. The summed E-state index contributed by atoms with van der Waals surface area (Å²) in [5.41, 5.74) is 3.04. The molecule has 2 aliphatic rings. The lowest BCUT2D eigenvalue weighted by Crippen LogP contribution is -2.38. The van der Waals surface area contributed by atoms with Crippen molar-refractivity contribution < 1.29 is 9.59 Å². The molecule has 0 aromatic heterocycles. The molecule has 1 aromatic rings. The fraction of sp³-hybridized carbons (Fsp3) is 0.467. The topological polar surface area (TPSA) is 49.4 Å². The van der Waals surface area contributed by atoms with Gasteiger partial charge in [-0.25, -0.2) is 0 Å². The number of hydrogen-bond donors (Lipinski definition) is 1. The summed E-state index contributed by atoms with van der Waals surface area (Å²) in [6.45, 7) is 4.79. The summed E-state index contributed by atoms with van der Waals surface area (Å²) in [6, 6.07) is 6.00. The number of nitrogens with zero attached hydrogens (tertiary/aromatic N) is 1. The number of aryl methyl sites for hydroxylation is 2. The minimum atomic E-state index is 0.0432. The van der Waals surface area contributed by atoms with Gasteiger partial charge in [-0.3, -0.25) is 9.59 Å². The first-order valence-electron chi connectivity index (χ1n) is 6.74. The van der Waals surface area contributed by atoms with E-state index in [0.29, 0.717) is 6.42 Å². The van der Waals surface area contributed by atoms with Crippen LogP contribution in [0, 0.1) is 13.8 Å². The van der Waals surface area contributed by atoms with Crippen LogP contribution in [0.3, 0.4) is 0 Å². The SMILES string of the molecule is Cc1ccc(C(=O)N2CC[C@H]3NC(=O)C[C@@H]32)cc1C. The first-order valence-corrected chi connectivity index (χ1v) is 6.74. The average Bonchev–Trinajstić information content (AvgIpc) is 2.90. The summed E-state index contributed by atoms with van der Waals surface area (Å²) in [5.74, 6) is 0.111. The molecule has 2 aliphatic heterocycles. The summed E-state index contributed by atoms with van der Waals surface area (Å²) < 4.78 is 0. The molecule has 1 N–H and O–H groups in total. The number of likely N-dealkylation sites (tertiary alicyclic amines) is 1. The quantitative estimate of drug-likeness (QED) is 0.828. The Bertz CT molecular complexity index is 553. The van der Waals surface area contributed by atoms with E-state index in [0.717, 1.165) is 24.1 Å². The second-order valence-corrected chi connectivity index (χ2v) is 5.53. The third-order valence-electron chi connectivity index (χ3n) is 4.30. The van der Waals surface area contributed by atoms with Crippen LogP contribution in [0.25, 0.3) is 0 Å². The summed E-state index contributed by atoms with van der Waals surface area (Å²) in [7, 11) is 0. The van der Waals surface area contributed by atoms with Crippen molar-refractivity contribution in [1.82, 2.24) is 10.2 Å². The van der Waals surface area contributed by atoms with Crippen LogP contribution in [-0.2, 0) is 4.79 Å². The molecule has 1 aromatic carbocycles. The number of benzene rings is 1. The molecule has 0 bridgehead atoms. The number of hydrogen-bond acceptors (Lipinski definition) is 2. The Morgan fingerprint density at radius 3 is 2.84 bits per heavy atom. The van der Waals surface area contributed by atoms with Crippen LogP contribution in [0.2, 0.25) is 0 Å². The number of rotatable bonds is 1. The number of nitrogens with one attached hydrogen (secondary N) is 1. The van der Waals surface area contributed by atoms with E-state index < -0.39 is 0 Å². The number of carbonyl (C=O) groups excluding carboxylic acids is 2. The first-order chi connectivity index (χ1) is 9.06. The van der Waals surface area contributed by atoms with Crippen molar-refractivity contribution in [1.29, 1.82) is 0 Å². The third kappa shape index (κ3) is 2.01. The Kier molecular flexibility index (Phi) is 2.81. The standard InChI is InChI=1S/C15H18N2O2/c1-9-3-4-11(7-10(9)2)15(19)17-6-5-12-13(17)8-14(18)16-12/h3-4,7,12-13H,5-6,8H2,1-2H3,(H,16,18)/t12-,13+/m1/s1. The smallest absolute Gasteiger partial charge is 0.254 e. The highest BCUT2D eigenvalue weighted by atomic mass is 16.2. The number of carbonyl (C=O) groups is 2. The molecule has 4 nitrogen and oxygen atoms in total. The Hall–Kier alpha value is -1.84. The molecule has 2 heterocycles. The zero-order valence-electron chi connectivity index (χ0n) is 11.3. The summed E-state index contributed by atoms with van der Waals surface area (Å²) >= 11 is 0. The molecule has 0 spiro atoms. The molecule has 4 heteroatoms. The van der Waals surface area contributed by atoms with Gasteiger partial charge in [0.05, 0.1) is 12.1 Å². The fourth-order valence-electron chi connectivity index (χ4n) is 3.02. The van der Waals surface area contributed by atoms with Gasteiger partial charge in [-0.2, -0.15) is 0 Å². The highest BCUT2D eigenvalue weighted by Crippen LogP contribution is 2.27. The number of amides is 2. The summed E-state index contributed by atoms with van der Waals surface area (Å²) in [6.07, 6.45) is 1.31. The normalized spacial score (nSPS) is 25.4. The van der Waals surface area contributed by atoms with E-state index in [4.69, 9.17) is 0 Å². The van der Waals surface area contributed by atoms with Gasteiger partial charge in [-0.15, -0.1) is 0 Å². The molecule has 0 aliphatic carbocycles. The second kappa shape index (κ2) is 4.37. The van der Waals surface area contributed by atoms with Crippen LogP contribution in [0.15, 0.2) is 18.2 Å². The van der Waals surface area contributed by atoms with Gasteiger partial charge in [0.2, 0.25) is 5.91 Å². The highest BCUT2D eigenvalue weighted by Gasteiger charge is 2.43. The van der Waals surface area contributed by atoms with Gasteiger partial charge in [0.25, 0.3) is 5.91 Å². The van der Waals surface area contributed by atoms with Crippen LogP contribution in [-0.4, -0.2) is 35.3 Å². The molecule has 3 rings (SSSR count). The molecule has 100 valence electrons. The van der Waals surface area contributed by atoms with Gasteiger partial charge in [0, 0.05) is 18.5 Å². The van der Waals surface area contributed by atoms with E-state index in [-0.39, 0.29) is 23.9 Å². The van der Waals surface area contributed by atoms with Crippen molar-refractivity contribution in [2.75, 3.05) is 6.54 Å². The fourth-order valence-corrected chi connectivity index (χ4v) is 3.02. The van der Waals surface area contributed by atoms with Crippen LogP contribution in [0.5, 0.6) is 0 Å². The van der Waals surface area contributed by atoms with Crippen LogP contribution >= 0.6 is 0 Å². The minimum absolute atomic E-state index is 0.0432. The van der Waals surface area contributed by atoms with Crippen molar-refractivity contribution in [2.45, 2.75) is 38.8 Å². The summed E-state index contributed by atoms with van der Waals surface area (Å²) in [5, 5.41) is 2.94. The second-order valence-electron chi connectivity index (χ2n) is 5.53. The van der Waals surface area contributed by atoms with Gasteiger partial charge in [0.15, 0.2) is 0 Å². The van der Waals surface area contributed by atoms with E-state index in [1.807, 2.05) is 36.9 Å². The largest absolute Gasteiger partial charge is 0.351 e. The van der Waals surface area contributed by atoms with E-state index >= 15 is 0 Å². The van der Waals surface area contributed by atoms with Crippen molar-refractivity contribution in [3.63, 3.8) is 0 Å². The maximum Gasteiger partial charge on any atom is 0.254 e. The monoisotopic (exact) mass is 258 g/mol. The molecular formula is C15H18N2O2. The zero-order valence-corrected chi connectivity index (χ0v) is 11.3. The number of fused-ring (bicyclic) bond motifs is 1. The predicted molar refractivity (Wildman–Crippen MR) is 71.9 cm³/mol. The lowest BCUT2D eigenvalue weighted by atomic mass is 10.0. The van der Waals surface area contributed by atoms with Crippen molar-refractivity contribution in [2.24, 2.45) is 0 Å². The average molecular weight is 258 g/mol. The Morgan fingerprint density at radius 1 is 1.32 bits per heavy atom. The van der Waals surface area contributed by atoms with Crippen molar-refractivity contribution in [3.05, 3.63) is 34.9 Å². The van der Waals surface area contributed by atoms with Gasteiger partial charge in [0.1, 0.15) is 0 Å². The molecule has 2 fully saturated rings. The highest BCUT2D eigenvalue weighted by molar-refractivity contribution is 5.96. The van der Waals surface area contributed by atoms with Gasteiger partial charge in [-0.1, -0.05) is 6.07 Å². The summed E-state index contributed by atoms with van der Waals surface area (Å²) in [4.78, 5) is 25.8. The van der Waals surface area contributed by atoms with Gasteiger partial charge < -0.3 is 10.2 Å².